The van der Waals surface area contributed by atoms with Crippen molar-refractivity contribution in [2.75, 3.05) is 5.32 Å². The van der Waals surface area contributed by atoms with Crippen LogP contribution in [0.3, 0.4) is 0 Å². The van der Waals surface area contributed by atoms with Gasteiger partial charge in [-0.25, -0.2) is 13.2 Å². The van der Waals surface area contributed by atoms with Crippen molar-refractivity contribution < 1.29 is 27.9 Å². The van der Waals surface area contributed by atoms with Gasteiger partial charge >= 0.3 is 5.97 Å². The summed E-state index contributed by atoms with van der Waals surface area (Å²) in [5, 5.41) is 15.7. The Morgan fingerprint density at radius 1 is 0.930 bits per heavy atom. The molecule has 2 bridgehead atoms. The third-order valence-electron chi connectivity index (χ3n) is 8.14. The van der Waals surface area contributed by atoms with Gasteiger partial charge in [0.05, 0.1) is 20.5 Å². The van der Waals surface area contributed by atoms with Gasteiger partial charge in [0.2, 0.25) is 15.9 Å². The number of benzene rings is 3. The van der Waals surface area contributed by atoms with Crippen LogP contribution in [0.4, 0.5) is 5.69 Å². The molecular weight excluding hydrogens is 613 g/mol. The van der Waals surface area contributed by atoms with Crippen LogP contribution in [0.15, 0.2) is 71.6 Å². The van der Waals surface area contributed by atoms with Crippen molar-refractivity contribution in [3.05, 3.63) is 93.5 Å². The molecule has 2 atom stereocenters. The first kappa shape index (κ1) is 31.0. The minimum atomic E-state index is -3.99. The predicted molar refractivity (Wildman–Crippen MR) is 164 cm³/mol. The van der Waals surface area contributed by atoms with E-state index in [4.69, 9.17) is 23.2 Å². The van der Waals surface area contributed by atoms with Crippen LogP contribution >= 0.6 is 23.2 Å². The van der Waals surface area contributed by atoms with Crippen LogP contribution in [-0.4, -0.2) is 53.7 Å². The Morgan fingerprint density at radius 3 is 2.12 bits per heavy atom. The molecule has 1 saturated carbocycles. The van der Waals surface area contributed by atoms with Gasteiger partial charge in [0.25, 0.3) is 5.91 Å². The lowest BCUT2D eigenvalue weighted by atomic mass is 9.76. The normalized spacial score (nSPS) is 20.8. The molecule has 3 fully saturated rings. The monoisotopic (exact) mass is 643 g/mol. The SMILES string of the molecule is Cc1ccc(S(=O)(=O)N2C3CCC(CC3)[C@@H]2C(=O)N[C@@H](Cc2ccc(NC(=O)c3c(Cl)cccc3Cl)cc2)C(=O)O)cc1. The molecule has 9 nitrogen and oxygen atoms in total. The molecule has 3 N–H and O–H groups in total. The van der Waals surface area contributed by atoms with Crippen molar-refractivity contribution in [1.29, 1.82) is 0 Å². The van der Waals surface area contributed by atoms with Crippen molar-refractivity contribution in [2.24, 2.45) is 5.92 Å². The van der Waals surface area contributed by atoms with Crippen molar-refractivity contribution in [2.45, 2.75) is 62.0 Å². The number of piperidine rings is 2. The smallest absolute Gasteiger partial charge is 0.326 e. The number of nitrogens with one attached hydrogen (secondary N) is 2. The molecule has 2 aliphatic heterocycles. The van der Waals surface area contributed by atoms with Crippen molar-refractivity contribution in [3.63, 3.8) is 0 Å². The van der Waals surface area contributed by atoms with Gasteiger partial charge in [0.1, 0.15) is 12.1 Å². The number of amides is 2. The predicted octanol–water partition coefficient (Wildman–Crippen LogP) is 5.30. The Morgan fingerprint density at radius 2 is 1.53 bits per heavy atom. The Labute approximate surface area is 260 Å². The molecule has 2 heterocycles. The highest BCUT2D eigenvalue weighted by atomic mass is 35.5. The topological polar surface area (TPSA) is 133 Å². The molecule has 0 radical (unpaired) electrons. The molecule has 3 aliphatic rings. The van der Waals surface area contributed by atoms with E-state index in [-0.39, 0.29) is 38.9 Å². The average Bonchev–Trinajstić information content (AvgIpc) is 2.98. The molecule has 3 aromatic carbocycles. The zero-order chi connectivity index (χ0) is 30.9. The van der Waals surface area contributed by atoms with E-state index in [9.17, 15) is 27.9 Å². The summed E-state index contributed by atoms with van der Waals surface area (Å²) >= 11 is 12.2. The molecule has 226 valence electrons. The lowest BCUT2D eigenvalue weighted by molar-refractivity contribution is -0.143. The summed E-state index contributed by atoms with van der Waals surface area (Å²) < 4.78 is 28.8. The van der Waals surface area contributed by atoms with E-state index in [0.29, 0.717) is 36.9 Å². The van der Waals surface area contributed by atoms with Crippen molar-refractivity contribution in [1.82, 2.24) is 9.62 Å². The average molecular weight is 645 g/mol. The fourth-order valence-electron chi connectivity index (χ4n) is 5.94. The second-order valence-corrected chi connectivity index (χ2v) is 13.7. The second-order valence-electron chi connectivity index (χ2n) is 11.0. The Balaban J connectivity index is 1.30. The molecular formula is C31H31Cl2N3O6S. The molecule has 2 amide bonds. The zero-order valence-electron chi connectivity index (χ0n) is 23.3. The number of aryl methyl sites for hydroxylation is 1. The first-order valence-electron chi connectivity index (χ1n) is 13.9. The Bertz CT molecular complexity index is 1620. The molecule has 0 aromatic heterocycles. The molecule has 6 rings (SSSR count). The second kappa shape index (κ2) is 12.7. The maximum Gasteiger partial charge on any atom is 0.326 e. The van der Waals surface area contributed by atoms with Crippen molar-refractivity contribution >= 4 is 56.7 Å². The molecule has 1 aliphatic carbocycles. The first-order chi connectivity index (χ1) is 20.5. The molecule has 2 saturated heterocycles. The van der Waals surface area contributed by atoms with Gasteiger partial charge in [-0.3, -0.25) is 9.59 Å². The zero-order valence-corrected chi connectivity index (χ0v) is 25.6. The van der Waals surface area contributed by atoms with Gasteiger partial charge in [-0.1, -0.05) is 59.1 Å². The van der Waals surface area contributed by atoms with Crippen LogP contribution < -0.4 is 10.6 Å². The summed E-state index contributed by atoms with van der Waals surface area (Å²) in [6, 6.07) is 15.1. The number of anilines is 1. The summed E-state index contributed by atoms with van der Waals surface area (Å²) in [4.78, 5) is 38.7. The minimum absolute atomic E-state index is 0.0445. The third-order valence-corrected chi connectivity index (χ3v) is 10.7. The quantitative estimate of drug-likeness (QED) is 0.290. The molecule has 0 spiro atoms. The lowest BCUT2D eigenvalue weighted by Gasteiger charge is -2.49. The highest BCUT2D eigenvalue weighted by Gasteiger charge is 2.51. The Kier molecular flexibility index (Phi) is 9.12. The van der Waals surface area contributed by atoms with E-state index in [2.05, 4.69) is 10.6 Å². The summed E-state index contributed by atoms with van der Waals surface area (Å²) in [6.45, 7) is 1.86. The first-order valence-corrected chi connectivity index (χ1v) is 16.1. The van der Waals surface area contributed by atoms with Gasteiger partial charge in [-0.2, -0.15) is 4.31 Å². The minimum Gasteiger partial charge on any atom is -0.480 e. The summed E-state index contributed by atoms with van der Waals surface area (Å²) in [7, 11) is -3.99. The fourth-order valence-corrected chi connectivity index (χ4v) is 8.40. The molecule has 12 heteroatoms. The molecule has 0 unspecified atom stereocenters. The number of sulfonamides is 1. The maximum absolute atomic E-state index is 13.7. The van der Waals surface area contributed by atoms with Crippen molar-refractivity contribution in [3.8, 4) is 0 Å². The number of halogens is 2. The number of carboxylic acid groups (broad SMARTS) is 1. The number of fused-ring (bicyclic) bond motifs is 3. The number of hydrogen-bond acceptors (Lipinski definition) is 5. The number of carbonyl (C=O) groups excluding carboxylic acids is 2. The van der Waals surface area contributed by atoms with E-state index in [1.807, 2.05) is 6.92 Å². The number of nitrogens with zero attached hydrogens (tertiary/aromatic N) is 1. The van der Waals surface area contributed by atoms with Gasteiger partial charge in [0.15, 0.2) is 0 Å². The lowest BCUT2D eigenvalue weighted by Crippen LogP contribution is -2.63. The van der Waals surface area contributed by atoms with Crippen LogP contribution in [0.2, 0.25) is 10.0 Å². The van der Waals surface area contributed by atoms with E-state index < -0.39 is 39.9 Å². The number of hydrogen-bond donors (Lipinski definition) is 3. The van der Waals surface area contributed by atoms with Crippen LogP contribution in [0.1, 0.15) is 47.2 Å². The number of carbonyl (C=O) groups is 3. The molecule has 3 aromatic rings. The molecule has 43 heavy (non-hydrogen) atoms. The van der Waals surface area contributed by atoms with Gasteiger partial charge in [0, 0.05) is 18.2 Å². The highest BCUT2D eigenvalue weighted by Crippen LogP contribution is 2.43. The Hall–Kier alpha value is -3.44. The number of carboxylic acids is 1. The fraction of sp³-hybridized carbons (Fsp3) is 0.323. The van der Waals surface area contributed by atoms with Gasteiger partial charge < -0.3 is 15.7 Å². The van der Waals surface area contributed by atoms with Crippen LogP contribution in [0.5, 0.6) is 0 Å². The van der Waals surface area contributed by atoms with Crippen LogP contribution in [0.25, 0.3) is 0 Å². The summed E-state index contributed by atoms with van der Waals surface area (Å²) in [5.74, 6) is -2.55. The van der Waals surface area contributed by atoms with Crippen LogP contribution in [0, 0.1) is 12.8 Å². The van der Waals surface area contributed by atoms with E-state index >= 15 is 0 Å². The van der Waals surface area contributed by atoms with E-state index in [1.165, 1.54) is 16.4 Å². The van der Waals surface area contributed by atoms with Gasteiger partial charge in [-0.15, -0.1) is 0 Å². The van der Waals surface area contributed by atoms with E-state index in [1.54, 1.807) is 54.6 Å². The number of aliphatic carboxylic acids is 1. The standard InChI is InChI=1S/C31H31Cl2N3O6S/c1-18-5-15-23(16-6-18)43(41,42)36-22-13-9-20(10-14-22)28(36)30(38)35-26(31(39)40)17-19-7-11-21(12-8-19)34-29(37)27-24(32)3-2-4-25(27)33/h2-8,11-12,15-16,20,22,26,28H,9-10,13-14,17H2,1H3,(H,34,37)(H,35,38)(H,39,40)/t20?,22?,26-,28+/m0/s1. The largest absolute Gasteiger partial charge is 0.480 e. The number of rotatable bonds is 9. The maximum atomic E-state index is 13.7. The third kappa shape index (κ3) is 6.57. The summed E-state index contributed by atoms with van der Waals surface area (Å²) in [6.07, 6.45) is 2.68. The summed E-state index contributed by atoms with van der Waals surface area (Å²) in [5.41, 5.74) is 2.09. The highest BCUT2D eigenvalue weighted by molar-refractivity contribution is 7.89. The van der Waals surface area contributed by atoms with Gasteiger partial charge in [-0.05, 0) is 80.5 Å². The van der Waals surface area contributed by atoms with Crippen LogP contribution in [-0.2, 0) is 26.0 Å². The van der Waals surface area contributed by atoms with E-state index in [0.717, 1.165) is 5.56 Å².